The fourth-order valence-electron chi connectivity index (χ4n) is 3.85. The number of rotatable bonds is 4. The summed E-state index contributed by atoms with van der Waals surface area (Å²) in [5.74, 6) is 1.22. The number of likely N-dealkylation sites (tertiary alicyclic amines) is 1. The molecule has 0 aromatic carbocycles. The van der Waals surface area contributed by atoms with E-state index in [1.807, 2.05) is 0 Å². The Morgan fingerprint density at radius 1 is 1.05 bits per heavy atom. The van der Waals surface area contributed by atoms with E-state index in [1.54, 1.807) is 0 Å². The zero-order chi connectivity index (χ0) is 15.3. The Labute approximate surface area is 130 Å². The second-order valence-electron chi connectivity index (χ2n) is 8.06. The van der Waals surface area contributed by atoms with Crippen LogP contribution in [0.25, 0.3) is 0 Å². The molecule has 2 rings (SSSR count). The lowest BCUT2D eigenvalue weighted by molar-refractivity contribution is -0.132. The lowest BCUT2D eigenvalue weighted by atomic mass is 9.71. The number of nitrogens with one attached hydrogen (secondary N) is 1. The number of nitrogens with zero attached hydrogens (tertiary/aromatic N) is 1. The van der Waals surface area contributed by atoms with Crippen molar-refractivity contribution in [3.8, 4) is 0 Å². The fraction of sp³-hybridized carbons (Fsp3) is 0.944. The van der Waals surface area contributed by atoms with Gasteiger partial charge in [-0.15, -0.1) is 0 Å². The molecular formula is C18H34N2O. The summed E-state index contributed by atoms with van der Waals surface area (Å²) in [6.45, 7) is 9.92. The Morgan fingerprint density at radius 2 is 1.67 bits per heavy atom. The predicted molar refractivity (Wildman–Crippen MR) is 88.3 cm³/mol. The summed E-state index contributed by atoms with van der Waals surface area (Å²) in [5.41, 5.74) is 0.454. The van der Waals surface area contributed by atoms with Crippen molar-refractivity contribution in [2.24, 2.45) is 11.3 Å². The number of hydrogen-bond donors (Lipinski definition) is 1. The van der Waals surface area contributed by atoms with Crippen LogP contribution in [0, 0.1) is 11.3 Å². The number of carbonyl (C=O) groups excluding carboxylic acids is 1. The molecule has 0 atom stereocenters. The van der Waals surface area contributed by atoms with Crippen molar-refractivity contribution < 1.29 is 4.79 Å². The number of piperidine rings is 1. The molecule has 0 aromatic rings. The zero-order valence-electron chi connectivity index (χ0n) is 14.3. The Kier molecular flexibility index (Phi) is 6.09. The van der Waals surface area contributed by atoms with E-state index in [4.69, 9.17) is 0 Å². The first-order valence-electron chi connectivity index (χ1n) is 8.98. The molecule has 1 saturated carbocycles. The summed E-state index contributed by atoms with van der Waals surface area (Å²) in [5, 5.41) is 3.62. The van der Waals surface area contributed by atoms with Gasteiger partial charge in [0.05, 0.1) is 0 Å². The van der Waals surface area contributed by atoms with Gasteiger partial charge in [0.2, 0.25) is 5.91 Å². The second-order valence-corrected chi connectivity index (χ2v) is 8.06. The van der Waals surface area contributed by atoms with Crippen LogP contribution in [0.1, 0.15) is 72.1 Å². The van der Waals surface area contributed by atoms with Gasteiger partial charge < -0.3 is 10.2 Å². The third kappa shape index (κ3) is 5.28. The molecule has 1 amide bonds. The summed E-state index contributed by atoms with van der Waals surface area (Å²) < 4.78 is 0. The molecule has 1 heterocycles. The normalized spacial score (nSPS) is 27.7. The average Bonchev–Trinajstić information content (AvgIpc) is 2.47. The molecule has 0 aromatic heterocycles. The van der Waals surface area contributed by atoms with Crippen LogP contribution in [0.15, 0.2) is 0 Å². The SMILES string of the molecule is CC(C)(C)C1CCC(NCCC(=O)N2CCCCC2)CC1. The van der Waals surface area contributed by atoms with Crippen LogP contribution in [0.2, 0.25) is 0 Å². The van der Waals surface area contributed by atoms with Crippen molar-refractivity contribution in [2.75, 3.05) is 19.6 Å². The highest BCUT2D eigenvalue weighted by atomic mass is 16.2. The number of carbonyl (C=O) groups is 1. The highest BCUT2D eigenvalue weighted by molar-refractivity contribution is 5.76. The molecule has 0 radical (unpaired) electrons. The summed E-state index contributed by atoms with van der Waals surface area (Å²) in [4.78, 5) is 14.2. The quantitative estimate of drug-likeness (QED) is 0.859. The van der Waals surface area contributed by atoms with Crippen molar-refractivity contribution in [1.29, 1.82) is 0 Å². The highest BCUT2D eigenvalue weighted by Crippen LogP contribution is 2.37. The minimum atomic E-state index is 0.352. The predicted octanol–water partition coefficient (Wildman–Crippen LogP) is 3.58. The molecule has 1 aliphatic carbocycles. The van der Waals surface area contributed by atoms with Gasteiger partial charge in [0.1, 0.15) is 0 Å². The van der Waals surface area contributed by atoms with Crippen LogP contribution in [0.3, 0.4) is 0 Å². The summed E-state index contributed by atoms with van der Waals surface area (Å²) >= 11 is 0. The van der Waals surface area contributed by atoms with Crippen LogP contribution >= 0.6 is 0 Å². The maximum absolute atomic E-state index is 12.1. The van der Waals surface area contributed by atoms with Gasteiger partial charge in [-0.2, -0.15) is 0 Å². The summed E-state index contributed by atoms with van der Waals surface area (Å²) in [6.07, 6.45) is 9.58. The van der Waals surface area contributed by atoms with Gasteiger partial charge in [0.15, 0.2) is 0 Å². The first-order chi connectivity index (χ1) is 9.97. The minimum Gasteiger partial charge on any atom is -0.343 e. The van der Waals surface area contributed by atoms with Crippen molar-refractivity contribution in [1.82, 2.24) is 10.2 Å². The summed E-state index contributed by atoms with van der Waals surface area (Å²) in [7, 11) is 0. The standard InChI is InChI=1S/C18H34N2O/c1-18(2,3)15-7-9-16(10-8-15)19-12-11-17(21)20-13-5-4-6-14-20/h15-16,19H,4-14H2,1-3H3. The molecule has 3 nitrogen and oxygen atoms in total. The molecule has 1 N–H and O–H groups in total. The first-order valence-corrected chi connectivity index (χ1v) is 8.98. The van der Waals surface area contributed by atoms with Crippen LogP contribution in [-0.4, -0.2) is 36.5 Å². The summed E-state index contributed by atoms with van der Waals surface area (Å²) in [6, 6.07) is 0.637. The Bertz CT molecular complexity index is 321. The Hall–Kier alpha value is -0.570. The number of hydrogen-bond acceptors (Lipinski definition) is 2. The highest BCUT2D eigenvalue weighted by Gasteiger charge is 2.29. The van der Waals surface area contributed by atoms with Crippen LogP contribution in [0.4, 0.5) is 0 Å². The molecule has 2 fully saturated rings. The third-order valence-corrected chi connectivity index (χ3v) is 5.43. The first kappa shape index (κ1) is 16.8. The van der Waals surface area contributed by atoms with E-state index in [0.29, 0.717) is 23.8 Å². The molecule has 1 aliphatic heterocycles. The average molecular weight is 294 g/mol. The van der Waals surface area contributed by atoms with Gasteiger partial charge in [-0.05, 0) is 56.3 Å². The van der Waals surface area contributed by atoms with E-state index in [9.17, 15) is 4.79 Å². The van der Waals surface area contributed by atoms with Crippen molar-refractivity contribution in [3.05, 3.63) is 0 Å². The third-order valence-electron chi connectivity index (χ3n) is 5.43. The monoisotopic (exact) mass is 294 g/mol. The molecule has 122 valence electrons. The van der Waals surface area contributed by atoms with E-state index < -0.39 is 0 Å². The van der Waals surface area contributed by atoms with Gasteiger partial charge in [0.25, 0.3) is 0 Å². The molecular weight excluding hydrogens is 260 g/mol. The Morgan fingerprint density at radius 3 is 2.24 bits per heavy atom. The maximum Gasteiger partial charge on any atom is 0.223 e. The molecule has 21 heavy (non-hydrogen) atoms. The van der Waals surface area contributed by atoms with E-state index in [0.717, 1.165) is 25.6 Å². The largest absolute Gasteiger partial charge is 0.343 e. The van der Waals surface area contributed by atoms with Gasteiger partial charge in [-0.25, -0.2) is 0 Å². The van der Waals surface area contributed by atoms with E-state index in [2.05, 4.69) is 31.0 Å². The second kappa shape index (κ2) is 7.62. The maximum atomic E-state index is 12.1. The van der Waals surface area contributed by atoms with Crippen molar-refractivity contribution in [2.45, 2.75) is 78.2 Å². The zero-order valence-corrected chi connectivity index (χ0v) is 14.3. The molecule has 0 spiro atoms. The molecule has 1 saturated heterocycles. The minimum absolute atomic E-state index is 0.352. The van der Waals surface area contributed by atoms with Crippen LogP contribution in [0.5, 0.6) is 0 Å². The number of amides is 1. The van der Waals surface area contributed by atoms with Gasteiger partial charge in [0, 0.05) is 32.1 Å². The topological polar surface area (TPSA) is 32.3 Å². The van der Waals surface area contributed by atoms with E-state index in [1.165, 1.54) is 44.9 Å². The lowest BCUT2D eigenvalue weighted by Crippen LogP contribution is -2.40. The van der Waals surface area contributed by atoms with Gasteiger partial charge >= 0.3 is 0 Å². The molecule has 3 heteroatoms. The van der Waals surface area contributed by atoms with Crippen LogP contribution < -0.4 is 5.32 Å². The molecule has 2 aliphatic rings. The van der Waals surface area contributed by atoms with Crippen LogP contribution in [-0.2, 0) is 4.79 Å². The molecule has 0 bridgehead atoms. The smallest absolute Gasteiger partial charge is 0.223 e. The van der Waals surface area contributed by atoms with Gasteiger partial charge in [-0.3, -0.25) is 4.79 Å². The van der Waals surface area contributed by atoms with Crippen molar-refractivity contribution in [3.63, 3.8) is 0 Å². The molecule has 0 unspecified atom stereocenters. The van der Waals surface area contributed by atoms with E-state index >= 15 is 0 Å². The lowest BCUT2D eigenvalue weighted by Gasteiger charge is -2.37. The fourth-order valence-corrected chi connectivity index (χ4v) is 3.85. The van der Waals surface area contributed by atoms with Gasteiger partial charge in [-0.1, -0.05) is 20.8 Å². The van der Waals surface area contributed by atoms with Crippen molar-refractivity contribution >= 4 is 5.91 Å². The Balaban J connectivity index is 1.60. The van der Waals surface area contributed by atoms with E-state index in [-0.39, 0.29) is 0 Å².